The van der Waals surface area contributed by atoms with E-state index in [2.05, 4.69) is 47.4 Å². The molecule has 0 unspecified atom stereocenters. The van der Waals surface area contributed by atoms with Gasteiger partial charge in [-0.15, -0.1) is 0 Å². The Bertz CT molecular complexity index is 1350. The zero-order valence-corrected chi connectivity index (χ0v) is 17.8. The van der Waals surface area contributed by atoms with Crippen molar-refractivity contribution in [1.29, 1.82) is 0 Å². The first kappa shape index (κ1) is 19.2. The van der Waals surface area contributed by atoms with E-state index in [1.54, 1.807) is 10.8 Å². The molecule has 0 radical (unpaired) electrons. The summed E-state index contributed by atoms with van der Waals surface area (Å²) in [6.07, 6.45) is 3.33. The van der Waals surface area contributed by atoms with Gasteiger partial charge in [-0.25, -0.2) is 4.79 Å². The van der Waals surface area contributed by atoms with Crippen LogP contribution in [0.15, 0.2) is 85.2 Å². The summed E-state index contributed by atoms with van der Waals surface area (Å²) in [7, 11) is 0. The number of rotatable bonds is 2. The van der Waals surface area contributed by atoms with Crippen molar-refractivity contribution >= 4 is 27.6 Å². The summed E-state index contributed by atoms with van der Waals surface area (Å²) in [5.74, 6) is 0. The highest BCUT2D eigenvalue weighted by Crippen LogP contribution is 2.43. The van der Waals surface area contributed by atoms with Gasteiger partial charge < -0.3 is 9.72 Å². The Balaban J connectivity index is 1.86. The van der Waals surface area contributed by atoms with Crippen molar-refractivity contribution in [2.45, 2.75) is 26.4 Å². The van der Waals surface area contributed by atoms with Crippen LogP contribution < -0.4 is 0 Å². The van der Waals surface area contributed by atoms with E-state index in [-0.39, 0.29) is 6.09 Å². The van der Waals surface area contributed by atoms with Gasteiger partial charge >= 0.3 is 6.09 Å². The molecule has 0 atom stereocenters. The van der Waals surface area contributed by atoms with Crippen LogP contribution in [0.5, 0.6) is 0 Å². The SMILES string of the molecule is CC(C)(C)OC(=O)n1cccc1-c1c2ccccc2c(-c2ccc[nH]2)c2ccccc12. The van der Waals surface area contributed by atoms with Gasteiger partial charge in [0.25, 0.3) is 0 Å². The summed E-state index contributed by atoms with van der Waals surface area (Å²) in [4.78, 5) is 16.3. The van der Waals surface area contributed by atoms with Crippen LogP contribution in [0.4, 0.5) is 4.79 Å². The van der Waals surface area contributed by atoms with E-state index in [0.717, 1.165) is 44.1 Å². The van der Waals surface area contributed by atoms with Gasteiger partial charge in [0, 0.05) is 29.2 Å². The van der Waals surface area contributed by atoms with Crippen molar-refractivity contribution in [3.8, 4) is 22.5 Å². The van der Waals surface area contributed by atoms with Crippen LogP contribution in [0.1, 0.15) is 20.8 Å². The van der Waals surface area contributed by atoms with Gasteiger partial charge in [0.1, 0.15) is 5.60 Å². The number of carbonyl (C=O) groups is 1. The average molecular weight is 409 g/mol. The van der Waals surface area contributed by atoms with E-state index in [1.165, 1.54) is 0 Å². The minimum atomic E-state index is -0.569. The molecular weight excluding hydrogens is 384 g/mol. The maximum absolute atomic E-state index is 13.0. The first-order chi connectivity index (χ1) is 14.9. The molecule has 0 aliphatic carbocycles. The molecule has 0 amide bonds. The largest absolute Gasteiger partial charge is 0.443 e. The van der Waals surface area contributed by atoms with Crippen LogP contribution in [0.2, 0.25) is 0 Å². The smallest absolute Gasteiger partial charge is 0.418 e. The predicted octanol–water partition coefficient (Wildman–Crippen LogP) is 7.24. The molecule has 1 N–H and O–H groups in total. The zero-order chi connectivity index (χ0) is 21.6. The second kappa shape index (κ2) is 7.17. The van der Waals surface area contributed by atoms with Gasteiger partial charge in [-0.1, -0.05) is 48.5 Å². The molecular formula is C27H24N2O2. The first-order valence-electron chi connectivity index (χ1n) is 10.4. The van der Waals surface area contributed by atoms with E-state index in [0.29, 0.717) is 0 Å². The maximum Gasteiger partial charge on any atom is 0.418 e. The van der Waals surface area contributed by atoms with Crippen molar-refractivity contribution in [2.75, 3.05) is 0 Å². The van der Waals surface area contributed by atoms with Crippen LogP contribution in [0, 0.1) is 0 Å². The average Bonchev–Trinajstić information content (AvgIpc) is 3.43. The van der Waals surface area contributed by atoms with Crippen molar-refractivity contribution in [3.05, 3.63) is 85.2 Å². The number of benzene rings is 3. The number of nitrogens with zero attached hydrogens (tertiary/aromatic N) is 1. The molecule has 0 aliphatic rings. The van der Waals surface area contributed by atoms with Crippen molar-refractivity contribution in [2.24, 2.45) is 0 Å². The van der Waals surface area contributed by atoms with Crippen LogP contribution in [0.25, 0.3) is 44.1 Å². The topological polar surface area (TPSA) is 47.0 Å². The molecule has 2 heterocycles. The summed E-state index contributed by atoms with van der Waals surface area (Å²) in [6.45, 7) is 5.64. The minimum Gasteiger partial charge on any atom is -0.443 e. The monoisotopic (exact) mass is 408 g/mol. The van der Waals surface area contributed by atoms with Gasteiger partial charge in [0.2, 0.25) is 0 Å². The van der Waals surface area contributed by atoms with E-state index < -0.39 is 5.60 Å². The summed E-state index contributed by atoms with van der Waals surface area (Å²) < 4.78 is 7.27. The normalized spacial score (nSPS) is 11.8. The first-order valence-corrected chi connectivity index (χ1v) is 10.4. The number of hydrogen-bond donors (Lipinski definition) is 1. The molecule has 0 aliphatic heterocycles. The molecule has 2 aromatic heterocycles. The Morgan fingerprint density at radius 3 is 1.87 bits per heavy atom. The molecule has 4 heteroatoms. The number of hydrogen-bond acceptors (Lipinski definition) is 2. The lowest BCUT2D eigenvalue weighted by molar-refractivity contribution is 0.0540. The van der Waals surface area contributed by atoms with Crippen molar-refractivity contribution in [1.82, 2.24) is 9.55 Å². The van der Waals surface area contributed by atoms with E-state index in [1.807, 2.05) is 57.3 Å². The highest BCUT2D eigenvalue weighted by Gasteiger charge is 2.23. The molecule has 5 rings (SSSR count). The molecule has 0 bridgehead atoms. The van der Waals surface area contributed by atoms with Gasteiger partial charge in [-0.05, 0) is 66.6 Å². The highest BCUT2D eigenvalue weighted by molar-refractivity contribution is 6.21. The van der Waals surface area contributed by atoms with Gasteiger partial charge in [0.15, 0.2) is 0 Å². The summed E-state index contributed by atoms with van der Waals surface area (Å²) >= 11 is 0. The summed E-state index contributed by atoms with van der Waals surface area (Å²) in [6, 6.07) is 24.7. The quantitative estimate of drug-likeness (QED) is 0.313. The van der Waals surface area contributed by atoms with Gasteiger partial charge in [-0.3, -0.25) is 4.57 Å². The second-order valence-electron chi connectivity index (χ2n) is 8.67. The number of fused-ring (bicyclic) bond motifs is 2. The Morgan fingerprint density at radius 1 is 0.774 bits per heavy atom. The molecule has 0 spiro atoms. The highest BCUT2D eigenvalue weighted by atomic mass is 16.6. The standard InChI is InChI=1S/C27H24N2O2/c1-27(2,3)31-26(30)29-17-9-15-23(29)25-20-12-6-4-10-18(20)24(22-14-8-16-28-22)19-11-5-7-13-21(19)25/h4-17,28H,1-3H3. The number of aromatic amines is 1. The lowest BCUT2D eigenvalue weighted by Crippen LogP contribution is -2.27. The Labute approximate surface area is 181 Å². The summed E-state index contributed by atoms with van der Waals surface area (Å²) in [5.41, 5.74) is 3.51. The Hall–Kier alpha value is -3.79. The van der Waals surface area contributed by atoms with E-state index in [4.69, 9.17) is 4.74 Å². The molecule has 0 fully saturated rings. The van der Waals surface area contributed by atoms with Crippen molar-refractivity contribution < 1.29 is 9.53 Å². The number of H-pyrrole nitrogens is 1. The van der Waals surface area contributed by atoms with E-state index in [9.17, 15) is 4.79 Å². The van der Waals surface area contributed by atoms with Gasteiger partial charge in [0.05, 0.1) is 5.69 Å². The fourth-order valence-corrected chi connectivity index (χ4v) is 4.24. The van der Waals surface area contributed by atoms with Crippen LogP contribution in [0.3, 0.4) is 0 Å². The molecule has 0 saturated carbocycles. The number of carbonyl (C=O) groups excluding carboxylic acids is 1. The number of nitrogens with one attached hydrogen (secondary N) is 1. The fraction of sp³-hybridized carbons (Fsp3) is 0.148. The second-order valence-corrected chi connectivity index (χ2v) is 8.67. The summed E-state index contributed by atoms with van der Waals surface area (Å²) in [5, 5.41) is 4.45. The lowest BCUT2D eigenvalue weighted by Gasteiger charge is -2.21. The Morgan fingerprint density at radius 2 is 1.35 bits per heavy atom. The molecule has 0 saturated heterocycles. The van der Waals surface area contributed by atoms with E-state index >= 15 is 0 Å². The van der Waals surface area contributed by atoms with Crippen LogP contribution in [-0.2, 0) is 4.74 Å². The third-order valence-corrected chi connectivity index (χ3v) is 5.39. The predicted molar refractivity (Wildman–Crippen MR) is 126 cm³/mol. The number of aromatic nitrogens is 2. The third-order valence-electron chi connectivity index (χ3n) is 5.39. The number of ether oxygens (including phenoxy) is 1. The molecule has 31 heavy (non-hydrogen) atoms. The van der Waals surface area contributed by atoms with Crippen LogP contribution in [-0.4, -0.2) is 21.2 Å². The maximum atomic E-state index is 13.0. The molecule has 3 aromatic carbocycles. The minimum absolute atomic E-state index is 0.380. The van der Waals surface area contributed by atoms with Crippen molar-refractivity contribution in [3.63, 3.8) is 0 Å². The molecule has 4 nitrogen and oxygen atoms in total. The lowest BCUT2D eigenvalue weighted by atomic mass is 9.89. The van der Waals surface area contributed by atoms with Crippen LogP contribution >= 0.6 is 0 Å². The Kier molecular flexibility index (Phi) is 4.44. The zero-order valence-electron chi connectivity index (χ0n) is 17.8. The molecule has 154 valence electrons. The fourth-order valence-electron chi connectivity index (χ4n) is 4.24. The molecule has 5 aromatic rings. The third kappa shape index (κ3) is 3.30. The van der Waals surface area contributed by atoms with Gasteiger partial charge in [-0.2, -0.15) is 0 Å².